The van der Waals surface area contributed by atoms with E-state index < -0.39 is 6.09 Å². The molecule has 0 aromatic heterocycles. The van der Waals surface area contributed by atoms with E-state index >= 15 is 0 Å². The Morgan fingerprint density at radius 2 is 2.30 bits per heavy atom. The summed E-state index contributed by atoms with van der Waals surface area (Å²) in [6.07, 6.45) is -0.445. The molecule has 0 atom stereocenters. The molecule has 0 bridgehead atoms. The van der Waals surface area contributed by atoms with Gasteiger partial charge in [-0.1, -0.05) is 0 Å². The number of nitrogens with one attached hydrogen (secondary N) is 2. The third kappa shape index (κ3) is 5.33. The Morgan fingerprint density at radius 3 is 2.80 bits per heavy atom. The first-order valence-electron chi connectivity index (χ1n) is 2.91. The van der Waals surface area contributed by atoms with Gasteiger partial charge in [0.2, 0.25) is 0 Å². The van der Waals surface area contributed by atoms with Crippen LogP contribution in [0.25, 0.3) is 0 Å². The lowest BCUT2D eigenvalue weighted by Crippen LogP contribution is -2.28. The van der Waals surface area contributed by atoms with Gasteiger partial charge in [-0.25, -0.2) is 10.3 Å². The first-order valence-corrected chi connectivity index (χ1v) is 2.91. The van der Waals surface area contributed by atoms with Crippen LogP contribution < -0.4 is 10.8 Å². The van der Waals surface area contributed by atoms with Crippen molar-refractivity contribution in [2.45, 2.75) is 0 Å². The van der Waals surface area contributed by atoms with E-state index in [9.17, 15) is 4.79 Å². The van der Waals surface area contributed by atoms with Crippen LogP contribution in [-0.4, -0.2) is 33.4 Å². The summed E-state index contributed by atoms with van der Waals surface area (Å²) in [5, 5.41) is 2.44. The standard InChI is InChI=1S/C5H12N2O3/c1-6-10-4-3-7-5(8)9-2/h6H,3-4H2,1-2H3,(H,7,8). The molecule has 0 saturated carbocycles. The third-order valence-electron chi connectivity index (χ3n) is 0.803. The number of hydrogen-bond donors (Lipinski definition) is 2. The fourth-order valence-corrected chi connectivity index (χ4v) is 0.378. The summed E-state index contributed by atoms with van der Waals surface area (Å²) in [4.78, 5) is 15.1. The molecule has 10 heavy (non-hydrogen) atoms. The number of hydroxylamine groups is 1. The van der Waals surface area contributed by atoms with Crippen LogP contribution in [0.4, 0.5) is 4.79 Å². The normalized spacial score (nSPS) is 9.00. The van der Waals surface area contributed by atoms with Crippen molar-refractivity contribution in [3.05, 3.63) is 0 Å². The number of ether oxygens (including phenoxy) is 1. The van der Waals surface area contributed by atoms with Crippen molar-refractivity contribution in [3.63, 3.8) is 0 Å². The predicted octanol–water partition coefficient (Wildman–Crippen LogP) is -0.507. The molecule has 0 radical (unpaired) electrons. The van der Waals surface area contributed by atoms with E-state index in [1.165, 1.54) is 7.11 Å². The van der Waals surface area contributed by atoms with Gasteiger partial charge in [0.15, 0.2) is 0 Å². The maximum Gasteiger partial charge on any atom is 0.406 e. The van der Waals surface area contributed by atoms with Crippen LogP contribution >= 0.6 is 0 Å². The van der Waals surface area contributed by atoms with Crippen molar-refractivity contribution in [2.24, 2.45) is 0 Å². The minimum absolute atomic E-state index is 0.422. The molecule has 0 aromatic rings. The highest BCUT2D eigenvalue weighted by atomic mass is 16.6. The minimum Gasteiger partial charge on any atom is -0.453 e. The van der Waals surface area contributed by atoms with Gasteiger partial charge in [0, 0.05) is 13.6 Å². The van der Waals surface area contributed by atoms with Crippen LogP contribution in [0.3, 0.4) is 0 Å². The number of methoxy groups -OCH3 is 1. The van der Waals surface area contributed by atoms with Gasteiger partial charge in [0.1, 0.15) is 0 Å². The second-order valence-electron chi connectivity index (χ2n) is 1.47. The van der Waals surface area contributed by atoms with Crippen molar-refractivity contribution in [1.29, 1.82) is 0 Å². The monoisotopic (exact) mass is 148 g/mol. The molecule has 2 N–H and O–H groups in total. The first-order chi connectivity index (χ1) is 4.81. The van der Waals surface area contributed by atoms with Crippen molar-refractivity contribution in [3.8, 4) is 0 Å². The molecule has 0 aliphatic rings. The molecule has 0 aliphatic carbocycles. The lowest BCUT2D eigenvalue weighted by Gasteiger charge is -2.02. The SMILES string of the molecule is CNOCCNC(=O)OC. The summed E-state index contributed by atoms with van der Waals surface area (Å²) in [5.74, 6) is 0. The second-order valence-corrected chi connectivity index (χ2v) is 1.47. The number of rotatable bonds is 4. The molecule has 0 aliphatic heterocycles. The largest absolute Gasteiger partial charge is 0.453 e. The molecule has 1 amide bonds. The van der Waals surface area contributed by atoms with E-state index in [0.29, 0.717) is 13.2 Å². The zero-order valence-electron chi connectivity index (χ0n) is 6.14. The predicted molar refractivity (Wildman–Crippen MR) is 35.4 cm³/mol. The number of amides is 1. The van der Waals surface area contributed by atoms with E-state index in [2.05, 4.69) is 15.5 Å². The zero-order chi connectivity index (χ0) is 7.82. The van der Waals surface area contributed by atoms with Crippen molar-refractivity contribution in [1.82, 2.24) is 10.8 Å². The molecule has 0 spiro atoms. The van der Waals surface area contributed by atoms with Crippen LogP contribution in [0.5, 0.6) is 0 Å². The van der Waals surface area contributed by atoms with Gasteiger partial charge in [-0.2, -0.15) is 0 Å². The van der Waals surface area contributed by atoms with Crippen LogP contribution in [0.2, 0.25) is 0 Å². The van der Waals surface area contributed by atoms with E-state index in [1.807, 2.05) is 0 Å². The van der Waals surface area contributed by atoms with Crippen molar-refractivity contribution < 1.29 is 14.4 Å². The van der Waals surface area contributed by atoms with Gasteiger partial charge < -0.3 is 14.9 Å². The Labute approximate surface area is 59.6 Å². The first kappa shape index (κ1) is 9.19. The average molecular weight is 148 g/mol. The van der Waals surface area contributed by atoms with Gasteiger partial charge >= 0.3 is 6.09 Å². The molecule has 0 fully saturated rings. The Morgan fingerprint density at radius 1 is 1.60 bits per heavy atom. The van der Waals surface area contributed by atoms with Gasteiger partial charge in [-0.05, 0) is 0 Å². The number of hydrogen-bond acceptors (Lipinski definition) is 4. The van der Waals surface area contributed by atoms with Crippen molar-refractivity contribution in [2.75, 3.05) is 27.3 Å². The molecule has 0 saturated heterocycles. The maximum atomic E-state index is 10.4. The quantitative estimate of drug-likeness (QED) is 0.416. The maximum absolute atomic E-state index is 10.4. The van der Waals surface area contributed by atoms with E-state index in [1.54, 1.807) is 7.05 Å². The highest BCUT2D eigenvalue weighted by Crippen LogP contribution is 1.69. The number of carbonyl (C=O) groups excluding carboxylic acids is 1. The number of carbonyl (C=O) groups is 1. The molecule has 0 heterocycles. The third-order valence-corrected chi connectivity index (χ3v) is 0.803. The van der Waals surface area contributed by atoms with Crippen molar-refractivity contribution >= 4 is 6.09 Å². The molecule has 0 aromatic carbocycles. The van der Waals surface area contributed by atoms with E-state index in [0.717, 1.165) is 0 Å². The topological polar surface area (TPSA) is 59.6 Å². The zero-order valence-corrected chi connectivity index (χ0v) is 6.14. The lowest BCUT2D eigenvalue weighted by molar-refractivity contribution is 0.0594. The van der Waals surface area contributed by atoms with Gasteiger partial charge in [0.25, 0.3) is 0 Å². The molecular weight excluding hydrogens is 136 g/mol. The van der Waals surface area contributed by atoms with E-state index in [-0.39, 0.29) is 0 Å². The molecule has 60 valence electrons. The summed E-state index contributed by atoms with van der Waals surface area (Å²) in [5.41, 5.74) is 2.47. The molecule has 5 nitrogen and oxygen atoms in total. The smallest absolute Gasteiger partial charge is 0.406 e. The summed E-state index contributed by atoms with van der Waals surface area (Å²) < 4.78 is 4.30. The number of alkyl carbamates (subject to hydrolysis) is 1. The minimum atomic E-state index is -0.445. The summed E-state index contributed by atoms with van der Waals surface area (Å²) in [6.45, 7) is 0.860. The Kier molecular flexibility index (Phi) is 5.80. The highest BCUT2D eigenvalue weighted by molar-refractivity contribution is 5.66. The van der Waals surface area contributed by atoms with Gasteiger partial charge in [0.05, 0.1) is 13.7 Å². The lowest BCUT2D eigenvalue weighted by atomic mass is 10.7. The van der Waals surface area contributed by atoms with Crippen LogP contribution in [0.1, 0.15) is 0 Å². The fraction of sp³-hybridized carbons (Fsp3) is 0.800. The van der Waals surface area contributed by atoms with Gasteiger partial charge in [-0.3, -0.25) is 0 Å². The molecule has 0 rings (SSSR count). The van der Waals surface area contributed by atoms with E-state index in [4.69, 9.17) is 4.84 Å². The summed E-state index contributed by atoms with van der Waals surface area (Å²) in [6, 6.07) is 0. The van der Waals surface area contributed by atoms with Gasteiger partial charge in [-0.15, -0.1) is 0 Å². The Balaban J connectivity index is 2.96. The van der Waals surface area contributed by atoms with Crippen LogP contribution in [-0.2, 0) is 9.57 Å². The van der Waals surface area contributed by atoms with Crippen LogP contribution in [0, 0.1) is 0 Å². The average Bonchev–Trinajstić information content (AvgIpc) is 1.98. The molecular formula is C5H12N2O3. The second kappa shape index (κ2) is 6.31. The molecule has 0 unspecified atom stereocenters. The Hall–Kier alpha value is -0.810. The fourth-order valence-electron chi connectivity index (χ4n) is 0.378. The highest BCUT2D eigenvalue weighted by Gasteiger charge is 1.94. The van der Waals surface area contributed by atoms with Crippen LogP contribution in [0.15, 0.2) is 0 Å². The summed E-state index contributed by atoms with van der Waals surface area (Å²) in [7, 11) is 2.96. The summed E-state index contributed by atoms with van der Waals surface area (Å²) >= 11 is 0. The Bertz CT molecular complexity index is 96.9. The molecule has 5 heteroatoms.